The third kappa shape index (κ3) is 6.24. The number of fused-ring (bicyclic) bond motifs is 3. The van der Waals surface area contributed by atoms with E-state index in [0.29, 0.717) is 19.4 Å². The Balaban J connectivity index is 1.36. The number of ether oxygens (including phenoxy) is 1. The van der Waals surface area contributed by atoms with Gasteiger partial charge in [0, 0.05) is 36.4 Å². The van der Waals surface area contributed by atoms with Crippen LogP contribution in [-0.2, 0) is 20.7 Å². The van der Waals surface area contributed by atoms with E-state index in [4.69, 9.17) is 9.84 Å². The van der Waals surface area contributed by atoms with E-state index in [1.54, 1.807) is 11.7 Å². The van der Waals surface area contributed by atoms with Crippen LogP contribution < -0.4 is 10.6 Å². The highest BCUT2D eigenvalue weighted by Gasteiger charge is 2.30. The molecule has 0 fully saturated rings. The van der Waals surface area contributed by atoms with Crippen molar-refractivity contribution in [3.63, 3.8) is 0 Å². The third-order valence-electron chi connectivity index (χ3n) is 5.96. The van der Waals surface area contributed by atoms with Crippen molar-refractivity contribution in [3.05, 3.63) is 76.2 Å². The number of aliphatic carboxylic acids is 1. The molecule has 1 aromatic heterocycles. The predicted octanol–water partition coefficient (Wildman–Crippen LogP) is 3.96. The summed E-state index contributed by atoms with van der Waals surface area (Å²) in [6.45, 7) is 0.488. The van der Waals surface area contributed by atoms with Gasteiger partial charge in [0.1, 0.15) is 12.6 Å². The minimum atomic E-state index is -0.865. The van der Waals surface area contributed by atoms with E-state index in [-0.39, 0.29) is 31.3 Å². The molecule has 3 aromatic rings. The molecule has 3 N–H and O–H groups in total. The summed E-state index contributed by atoms with van der Waals surface area (Å²) in [5.74, 6) is -1.28. The summed E-state index contributed by atoms with van der Waals surface area (Å²) in [5, 5.41) is 14.2. The second kappa shape index (κ2) is 11.6. The van der Waals surface area contributed by atoms with Crippen LogP contribution in [0.4, 0.5) is 4.79 Å². The van der Waals surface area contributed by atoms with Crippen LogP contribution in [-0.4, -0.2) is 47.3 Å². The van der Waals surface area contributed by atoms with Crippen molar-refractivity contribution in [2.45, 2.75) is 37.6 Å². The van der Waals surface area contributed by atoms with Gasteiger partial charge in [-0.05, 0) is 35.1 Å². The lowest BCUT2D eigenvalue weighted by Crippen LogP contribution is -2.48. The van der Waals surface area contributed by atoms with Crippen molar-refractivity contribution < 1.29 is 24.2 Å². The Bertz CT molecular complexity index is 1140. The van der Waals surface area contributed by atoms with Crippen molar-refractivity contribution in [1.82, 2.24) is 15.6 Å². The molecule has 0 radical (unpaired) electrons. The molecule has 1 unspecified atom stereocenters. The van der Waals surface area contributed by atoms with E-state index >= 15 is 0 Å². The highest BCUT2D eigenvalue weighted by atomic mass is 32.1. The summed E-state index contributed by atoms with van der Waals surface area (Å²) in [6.07, 6.45) is 2.35. The normalized spacial score (nSPS) is 12.9. The number of hydrogen-bond donors (Lipinski definition) is 3. The molecule has 0 bridgehead atoms. The van der Waals surface area contributed by atoms with Crippen LogP contribution in [0.25, 0.3) is 11.1 Å². The van der Waals surface area contributed by atoms with Crippen molar-refractivity contribution in [3.8, 4) is 11.1 Å². The fourth-order valence-electron chi connectivity index (χ4n) is 4.27. The number of carboxylic acids is 1. The second-order valence-electron chi connectivity index (χ2n) is 8.34. The number of alkyl carbamates (subject to hydrolysis) is 1. The van der Waals surface area contributed by atoms with Crippen LogP contribution in [0, 0.1) is 0 Å². The summed E-state index contributed by atoms with van der Waals surface area (Å²) >= 11 is 1.40. The summed E-state index contributed by atoms with van der Waals surface area (Å²) in [5.41, 5.74) is 6.18. The van der Waals surface area contributed by atoms with E-state index in [2.05, 4.69) is 27.8 Å². The Hall–Kier alpha value is -3.72. The van der Waals surface area contributed by atoms with E-state index in [1.165, 1.54) is 11.3 Å². The maximum atomic E-state index is 12.8. The Kier molecular flexibility index (Phi) is 8.10. The number of carboxylic acid groups (broad SMARTS) is 1. The smallest absolute Gasteiger partial charge is 0.407 e. The van der Waals surface area contributed by atoms with Crippen LogP contribution in [0.2, 0.25) is 0 Å². The van der Waals surface area contributed by atoms with Gasteiger partial charge >= 0.3 is 12.1 Å². The van der Waals surface area contributed by atoms with Gasteiger partial charge in [0.15, 0.2) is 0 Å². The number of benzene rings is 2. The fourth-order valence-corrected chi connectivity index (χ4v) is 4.91. The summed E-state index contributed by atoms with van der Waals surface area (Å²) < 4.78 is 5.60. The van der Waals surface area contributed by atoms with Crippen LogP contribution in [0.3, 0.4) is 0 Å². The average molecular weight is 494 g/mol. The number of aromatic nitrogens is 1. The number of rotatable bonds is 11. The maximum Gasteiger partial charge on any atom is 0.407 e. The molecule has 1 heterocycles. The lowest BCUT2D eigenvalue weighted by atomic mass is 9.98. The highest BCUT2D eigenvalue weighted by Crippen LogP contribution is 2.44. The van der Waals surface area contributed by atoms with Gasteiger partial charge < -0.3 is 20.5 Å². The SMILES string of the molecule is O=C(O)CCCCNC(=O)C(Cc1cncs1)NC(=O)OCC1c2ccccc2-c2ccccc21. The molecular weight excluding hydrogens is 466 g/mol. The van der Waals surface area contributed by atoms with Gasteiger partial charge in [-0.25, -0.2) is 4.79 Å². The molecule has 182 valence electrons. The maximum absolute atomic E-state index is 12.8. The first-order valence-electron chi connectivity index (χ1n) is 11.5. The van der Waals surface area contributed by atoms with Gasteiger partial charge in [-0.1, -0.05) is 48.5 Å². The fraction of sp³-hybridized carbons (Fsp3) is 0.308. The monoisotopic (exact) mass is 493 g/mol. The minimum absolute atomic E-state index is 0.0537. The van der Waals surface area contributed by atoms with Crippen LogP contribution >= 0.6 is 11.3 Å². The minimum Gasteiger partial charge on any atom is -0.481 e. The van der Waals surface area contributed by atoms with Crippen LogP contribution in [0.5, 0.6) is 0 Å². The van der Waals surface area contributed by atoms with Crippen LogP contribution in [0.15, 0.2) is 60.2 Å². The molecule has 35 heavy (non-hydrogen) atoms. The molecule has 0 aliphatic heterocycles. The van der Waals surface area contributed by atoms with Crippen LogP contribution in [0.1, 0.15) is 41.2 Å². The van der Waals surface area contributed by atoms with Gasteiger partial charge in [-0.15, -0.1) is 11.3 Å². The largest absolute Gasteiger partial charge is 0.481 e. The molecule has 0 saturated carbocycles. The molecule has 0 spiro atoms. The summed E-state index contributed by atoms with van der Waals surface area (Å²) in [4.78, 5) is 41.0. The number of unbranched alkanes of at least 4 members (excludes halogenated alkanes) is 1. The molecule has 1 aliphatic carbocycles. The van der Waals surface area contributed by atoms with Gasteiger partial charge in [0.05, 0.1) is 5.51 Å². The molecule has 9 heteroatoms. The molecule has 2 aromatic carbocycles. The van der Waals surface area contributed by atoms with E-state index < -0.39 is 18.1 Å². The zero-order valence-corrected chi connectivity index (χ0v) is 19.9. The lowest BCUT2D eigenvalue weighted by molar-refractivity contribution is -0.137. The van der Waals surface area contributed by atoms with Gasteiger partial charge in [0.25, 0.3) is 0 Å². The van der Waals surface area contributed by atoms with Crippen molar-refractivity contribution in [1.29, 1.82) is 0 Å². The number of amides is 2. The molecule has 0 saturated heterocycles. The number of carbonyl (C=O) groups is 3. The van der Waals surface area contributed by atoms with E-state index in [1.807, 2.05) is 36.4 Å². The molecule has 2 amide bonds. The molecular formula is C26H27N3O5S. The predicted molar refractivity (Wildman–Crippen MR) is 132 cm³/mol. The topological polar surface area (TPSA) is 118 Å². The first kappa shape index (κ1) is 24.4. The molecule has 4 rings (SSSR count). The zero-order chi connectivity index (χ0) is 24.6. The second-order valence-corrected chi connectivity index (χ2v) is 9.31. The Labute approximate surface area is 207 Å². The van der Waals surface area contributed by atoms with Crippen molar-refractivity contribution in [2.75, 3.05) is 13.2 Å². The first-order chi connectivity index (χ1) is 17.0. The quantitative estimate of drug-likeness (QED) is 0.348. The zero-order valence-electron chi connectivity index (χ0n) is 19.1. The van der Waals surface area contributed by atoms with E-state index in [9.17, 15) is 14.4 Å². The van der Waals surface area contributed by atoms with E-state index in [0.717, 1.165) is 27.1 Å². The van der Waals surface area contributed by atoms with Gasteiger partial charge in [0.2, 0.25) is 5.91 Å². The Morgan fingerprint density at radius 2 is 1.71 bits per heavy atom. The lowest BCUT2D eigenvalue weighted by Gasteiger charge is -2.19. The highest BCUT2D eigenvalue weighted by molar-refractivity contribution is 7.09. The van der Waals surface area contributed by atoms with Crippen molar-refractivity contribution >= 4 is 29.3 Å². The molecule has 8 nitrogen and oxygen atoms in total. The van der Waals surface area contributed by atoms with Crippen molar-refractivity contribution in [2.24, 2.45) is 0 Å². The van der Waals surface area contributed by atoms with Gasteiger partial charge in [-0.3, -0.25) is 14.6 Å². The Morgan fingerprint density at radius 3 is 2.34 bits per heavy atom. The number of hydrogen-bond acceptors (Lipinski definition) is 6. The number of nitrogens with one attached hydrogen (secondary N) is 2. The summed E-state index contributed by atoms with van der Waals surface area (Å²) in [6, 6.07) is 15.3. The summed E-state index contributed by atoms with van der Waals surface area (Å²) in [7, 11) is 0. The number of thiazole rings is 1. The average Bonchev–Trinajstić information content (AvgIpc) is 3.48. The first-order valence-corrected chi connectivity index (χ1v) is 12.4. The van der Waals surface area contributed by atoms with Gasteiger partial charge in [-0.2, -0.15) is 0 Å². The third-order valence-corrected chi connectivity index (χ3v) is 6.76. The number of carbonyl (C=O) groups excluding carboxylic acids is 2. The Morgan fingerprint density at radius 1 is 1.03 bits per heavy atom. The molecule has 1 aliphatic rings. The standard InChI is InChI=1S/C26H27N3O5S/c30-24(31)11-5-6-12-28-25(32)23(13-17-14-27-16-35-17)29-26(33)34-15-22-20-9-3-1-7-18(20)19-8-2-4-10-21(19)22/h1-4,7-10,14,16,22-23H,5-6,11-13,15H2,(H,28,32)(H,29,33)(H,30,31). The number of nitrogens with zero attached hydrogens (tertiary/aromatic N) is 1. The molecule has 1 atom stereocenters.